The van der Waals surface area contributed by atoms with E-state index < -0.39 is 0 Å². The number of likely N-dealkylation sites (tertiary alicyclic amines) is 1. The Kier molecular flexibility index (Phi) is 3.61. The highest BCUT2D eigenvalue weighted by molar-refractivity contribution is 9.10. The standard InChI is InChI=1S/C13H17BrN4/c14-11-5-4-9-18-13(11)15-12(16-18)6-10-17-7-2-1-3-8-17/h4-5,9H,1-3,6-8,10H2. The Morgan fingerprint density at radius 1 is 1.22 bits per heavy atom. The molecule has 0 unspecified atom stereocenters. The molecule has 0 spiro atoms. The fourth-order valence-corrected chi connectivity index (χ4v) is 2.89. The van der Waals surface area contributed by atoms with E-state index in [9.17, 15) is 0 Å². The fourth-order valence-electron chi connectivity index (χ4n) is 2.46. The van der Waals surface area contributed by atoms with Gasteiger partial charge in [-0.1, -0.05) is 6.42 Å². The van der Waals surface area contributed by atoms with Crippen molar-refractivity contribution in [3.63, 3.8) is 0 Å². The Balaban J connectivity index is 1.69. The van der Waals surface area contributed by atoms with Crippen LogP contribution >= 0.6 is 15.9 Å². The molecule has 1 saturated heterocycles. The zero-order valence-electron chi connectivity index (χ0n) is 10.3. The van der Waals surface area contributed by atoms with Crippen LogP contribution in [-0.2, 0) is 6.42 Å². The van der Waals surface area contributed by atoms with Gasteiger partial charge in [0.05, 0.1) is 4.47 Å². The van der Waals surface area contributed by atoms with Crippen molar-refractivity contribution in [2.45, 2.75) is 25.7 Å². The summed E-state index contributed by atoms with van der Waals surface area (Å²) in [5, 5.41) is 4.51. The Morgan fingerprint density at radius 2 is 2.06 bits per heavy atom. The highest BCUT2D eigenvalue weighted by atomic mass is 79.9. The van der Waals surface area contributed by atoms with Crippen molar-refractivity contribution < 1.29 is 0 Å². The number of halogens is 1. The molecule has 2 aromatic heterocycles. The lowest BCUT2D eigenvalue weighted by Crippen LogP contribution is -2.31. The van der Waals surface area contributed by atoms with Crippen LogP contribution in [0.15, 0.2) is 22.8 Å². The smallest absolute Gasteiger partial charge is 0.169 e. The molecule has 0 N–H and O–H groups in total. The van der Waals surface area contributed by atoms with Gasteiger partial charge >= 0.3 is 0 Å². The second-order valence-electron chi connectivity index (χ2n) is 4.80. The first kappa shape index (κ1) is 12.1. The maximum Gasteiger partial charge on any atom is 0.169 e. The summed E-state index contributed by atoms with van der Waals surface area (Å²) in [6.45, 7) is 3.54. The molecule has 0 radical (unpaired) electrons. The fraction of sp³-hybridized carbons (Fsp3) is 0.538. The summed E-state index contributed by atoms with van der Waals surface area (Å²) in [4.78, 5) is 7.09. The van der Waals surface area contributed by atoms with Crippen molar-refractivity contribution >= 4 is 21.6 Å². The van der Waals surface area contributed by atoms with E-state index in [1.165, 1.54) is 32.4 Å². The first-order chi connectivity index (χ1) is 8.83. The van der Waals surface area contributed by atoms with Gasteiger partial charge in [-0.15, -0.1) is 0 Å². The minimum absolute atomic E-state index is 0.908. The number of fused-ring (bicyclic) bond motifs is 1. The molecule has 4 nitrogen and oxygen atoms in total. The van der Waals surface area contributed by atoms with Gasteiger partial charge in [0.25, 0.3) is 0 Å². The highest BCUT2D eigenvalue weighted by Crippen LogP contribution is 2.16. The number of rotatable bonds is 3. The van der Waals surface area contributed by atoms with E-state index in [1.807, 2.05) is 22.8 Å². The zero-order valence-corrected chi connectivity index (χ0v) is 11.9. The molecule has 1 aliphatic heterocycles. The summed E-state index contributed by atoms with van der Waals surface area (Å²) in [6.07, 6.45) is 6.94. The van der Waals surface area contributed by atoms with Gasteiger partial charge in [-0.25, -0.2) is 9.50 Å². The Labute approximate surface area is 115 Å². The molecule has 1 aliphatic rings. The van der Waals surface area contributed by atoms with Gasteiger partial charge in [0.1, 0.15) is 0 Å². The van der Waals surface area contributed by atoms with Gasteiger partial charge in [-0.2, -0.15) is 5.10 Å². The van der Waals surface area contributed by atoms with Gasteiger partial charge in [0.2, 0.25) is 0 Å². The van der Waals surface area contributed by atoms with E-state index in [1.54, 1.807) is 0 Å². The van der Waals surface area contributed by atoms with Crippen LogP contribution in [0.2, 0.25) is 0 Å². The summed E-state index contributed by atoms with van der Waals surface area (Å²) in [7, 11) is 0. The molecular weight excluding hydrogens is 292 g/mol. The monoisotopic (exact) mass is 308 g/mol. The van der Waals surface area contributed by atoms with Crippen LogP contribution in [0.5, 0.6) is 0 Å². The zero-order chi connectivity index (χ0) is 12.4. The third kappa shape index (κ3) is 2.57. The molecule has 0 saturated carbocycles. The van der Waals surface area contributed by atoms with E-state index in [0.717, 1.165) is 28.9 Å². The first-order valence-corrected chi connectivity index (χ1v) is 7.34. The molecule has 18 heavy (non-hydrogen) atoms. The number of piperidine rings is 1. The number of hydrogen-bond acceptors (Lipinski definition) is 3. The van der Waals surface area contributed by atoms with E-state index in [0.29, 0.717) is 0 Å². The molecule has 0 aromatic carbocycles. The number of aromatic nitrogens is 3. The van der Waals surface area contributed by atoms with Crippen molar-refractivity contribution in [3.05, 3.63) is 28.6 Å². The van der Waals surface area contributed by atoms with Crippen molar-refractivity contribution in [3.8, 4) is 0 Å². The average molecular weight is 309 g/mol. The van der Waals surface area contributed by atoms with Crippen molar-refractivity contribution in [2.24, 2.45) is 0 Å². The normalized spacial score (nSPS) is 17.4. The van der Waals surface area contributed by atoms with Gasteiger partial charge < -0.3 is 4.90 Å². The van der Waals surface area contributed by atoms with Crippen LogP contribution in [-0.4, -0.2) is 39.1 Å². The van der Waals surface area contributed by atoms with Crippen LogP contribution in [0.3, 0.4) is 0 Å². The van der Waals surface area contributed by atoms with Crippen LogP contribution < -0.4 is 0 Å². The molecule has 1 fully saturated rings. The second-order valence-corrected chi connectivity index (χ2v) is 5.66. The van der Waals surface area contributed by atoms with E-state index in [4.69, 9.17) is 0 Å². The molecule has 5 heteroatoms. The van der Waals surface area contributed by atoms with Gasteiger partial charge in [-0.3, -0.25) is 0 Å². The van der Waals surface area contributed by atoms with E-state index in [2.05, 4.69) is 30.9 Å². The summed E-state index contributed by atoms with van der Waals surface area (Å²) >= 11 is 3.50. The average Bonchev–Trinajstić information content (AvgIpc) is 2.82. The molecule has 3 rings (SSSR count). The first-order valence-electron chi connectivity index (χ1n) is 6.55. The molecule has 0 aliphatic carbocycles. The molecule has 0 atom stereocenters. The lowest BCUT2D eigenvalue weighted by atomic mass is 10.1. The van der Waals surface area contributed by atoms with Gasteiger partial charge in [-0.05, 0) is 54.0 Å². The maximum atomic E-state index is 4.57. The second kappa shape index (κ2) is 5.36. The topological polar surface area (TPSA) is 33.4 Å². The van der Waals surface area contributed by atoms with E-state index >= 15 is 0 Å². The van der Waals surface area contributed by atoms with Crippen LogP contribution in [0.4, 0.5) is 0 Å². The summed E-state index contributed by atoms with van der Waals surface area (Å²) in [5.41, 5.74) is 0.908. The predicted molar refractivity (Wildman–Crippen MR) is 74.7 cm³/mol. The summed E-state index contributed by atoms with van der Waals surface area (Å²) in [6, 6.07) is 3.97. The molecular formula is C13H17BrN4. The van der Waals surface area contributed by atoms with Crippen LogP contribution in [0.1, 0.15) is 25.1 Å². The lowest BCUT2D eigenvalue weighted by Gasteiger charge is -2.25. The minimum atomic E-state index is 0.908. The predicted octanol–water partition coefficient (Wildman–Crippen LogP) is 2.52. The highest BCUT2D eigenvalue weighted by Gasteiger charge is 2.12. The number of pyridine rings is 1. The third-order valence-corrected chi connectivity index (χ3v) is 4.08. The van der Waals surface area contributed by atoms with E-state index in [-0.39, 0.29) is 0 Å². The maximum absolute atomic E-state index is 4.57. The minimum Gasteiger partial charge on any atom is -0.303 e. The van der Waals surface area contributed by atoms with Crippen molar-refractivity contribution in [1.29, 1.82) is 0 Å². The summed E-state index contributed by atoms with van der Waals surface area (Å²) < 4.78 is 2.84. The molecule has 2 aromatic rings. The molecule has 96 valence electrons. The number of nitrogens with zero attached hydrogens (tertiary/aromatic N) is 4. The van der Waals surface area contributed by atoms with Crippen molar-refractivity contribution in [1.82, 2.24) is 19.5 Å². The van der Waals surface area contributed by atoms with Gasteiger partial charge in [0, 0.05) is 19.2 Å². The van der Waals surface area contributed by atoms with Crippen LogP contribution in [0, 0.1) is 0 Å². The third-order valence-electron chi connectivity index (χ3n) is 3.46. The summed E-state index contributed by atoms with van der Waals surface area (Å²) in [5.74, 6) is 0.937. The molecule has 0 amide bonds. The molecule has 3 heterocycles. The lowest BCUT2D eigenvalue weighted by molar-refractivity contribution is 0.230. The largest absolute Gasteiger partial charge is 0.303 e. The van der Waals surface area contributed by atoms with Crippen molar-refractivity contribution in [2.75, 3.05) is 19.6 Å². The SMILES string of the molecule is Brc1cccn2nc(CCN3CCCCC3)nc12. The molecule has 0 bridgehead atoms. The number of hydrogen-bond donors (Lipinski definition) is 0. The van der Waals surface area contributed by atoms with Gasteiger partial charge in [0.15, 0.2) is 11.5 Å². The Bertz CT molecular complexity index is 531. The Hall–Kier alpha value is -0.940. The quantitative estimate of drug-likeness (QED) is 0.873. The van der Waals surface area contributed by atoms with Crippen LogP contribution in [0.25, 0.3) is 5.65 Å². The Morgan fingerprint density at radius 3 is 2.83 bits per heavy atom.